The predicted molar refractivity (Wildman–Crippen MR) is 132 cm³/mol. The number of rotatable bonds is 4. The van der Waals surface area contributed by atoms with Gasteiger partial charge in [0.2, 0.25) is 5.91 Å². The second-order valence-electron chi connectivity index (χ2n) is 7.79. The van der Waals surface area contributed by atoms with Crippen molar-refractivity contribution in [1.29, 1.82) is 0 Å². The fourth-order valence-electron chi connectivity index (χ4n) is 4.34. The summed E-state index contributed by atoms with van der Waals surface area (Å²) in [5.74, 6) is -0.0204. The predicted octanol–water partition coefficient (Wildman–Crippen LogP) is 6.79. The molecule has 1 atom stereocenters. The number of hydrogen-bond donors (Lipinski definition) is 0. The lowest BCUT2D eigenvalue weighted by Gasteiger charge is -2.33. The third kappa shape index (κ3) is 3.88. The van der Waals surface area contributed by atoms with E-state index in [0.717, 1.165) is 31.6 Å². The van der Waals surface area contributed by atoms with E-state index in [0.29, 0.717) is 13.1 Å². The molecule has 158 valence electrons. The Labute approximate surface area is 196 Å². The third-order valence-electron chi connectivity index (χ3n) is 5.89. The summed E-state index contributed by atoms with van der Waals surface area (Å²) in [6, 6.07) is 24.7. The van der Waals surface area contributed by atoms with Crippen LogP contribution in [0.2, 0.25) is 4.34 Å². The number of carbonyl (C=O) groups is 1. The van der Waals surface area contributed by atoms with Crippen LogP contribution in [0.15, 0.2) is 91.6 Å². The Kier molecular flexibility index (Phi) is 5.64. The molecule has 3 nitrogen and oxygen atoms in total. The summed E-state index contributed by atoms with van der Waals surface area (Å²) in [6.45, 7) is 4.84. The zero-order valence-electron chi connectivity index (χ0n) is 17.4. The average Bonchev–Trinajstić information content (AvgIpc) is 3.23. The largest absolute Gasteiger partial charge is 0.333 e. The molecule has 3 heterocycles. The number of amides is 1. The highest BCUT2D eigenvalue weighted by molar-refractivity contribution is 7.16. The van der Waals surface area contributed by atoms with Crippen molar-refractivity contribution in [3.8, 4) is 22.4 Å². The Morgan fingerprint density at radius 2 is 1.81 bits per heavy atom. The molecule has 0 radical (unpaired) electrons. The lowest BCUT2D eigenvalue weighted by molar-refractivity contribution is -0.127. The molecule has 1 aliphatic heterocycles. The van der Waals surface area contributed by atoms with Gasteiger partial charge in [-0.25, -0.2) is 0 Å². The maximum absolute atomic E-state index is 12.5. The normalized spacial score (nSPS) is 15.3. The van der Waals surface area contributed by atoms with E-state index in [9.17, 15) is 4.79 Å². The minimum absolute atomic E-state index is 0.0383. The number of halogens is 1. The molecule has 0 fully saturated rings. The van der Waals surface area contributed by atoms with Gasteiger partial charge in [-0.1, -0.05) is 78.8 Å². The number of thiophene rings is 1. The second-order valence-corrected chi connectivity index (χ2v) is 9.56. The van der Waals surface area contributed by atoms with E-state index in [1.54, 1.807) is 11.3 Å². The summed E-state index contributed by atoms with van der Waals surface area (Å²) < 4.78 is 0.749. The topological polar surface area (TPSA) is 33.2 Å². The van der Waals surface area contributed by atoms with Gasteiger partial charge >= 0.3 is 0 Å². The summed E-state index contributed by atoms with van der Waals surface area (Å²) in [4.78, 5) is 20.2. The van der Waals surface area contributed by atoms with Gasteiger partial charge < -0.3 is 4.90 Å². The number of carbonyl (C=O) groups excluding carboxylic acids is 1. The van der Waals surface area contributed by atoms with E-state index in [-0.39, 0.29) is 11.8 Å². The molecule has 32 heavy (non-hydrogen) atoms. The number of pyridine rings is 1. The van der Waals surface area contributed by atoms with Crippen molar-refractivity contribution in [2.75, 3.05) is 6.54 Å². The zero-order chi connectivity index (χ0) is 22.1. The molecule has 0 bridgehead atoms. The molecule has 0 unspecified atom stereocenters. The molecule has 4 aromatic rings. The molecule has 5 rings (SSSR count). The Hall–Kier alpha value is -3.21. The maximum Gasteiger partial charge on any atom is 0.246 e. The van der Waals surface area contributed by atoms with Crippen LogP contribution in [0, 0.1) is 0 Å². The van der Waals surface area contributed by atoms with Gasteiger partial charge in [-0.05, 0) is 34.9 Å². The molecule has 0 saturated heterocycles. The Bertz CT molecular complexity index is 1280. The highest BCUT2D eigenvalue weighted by atomic mass is 35.5. The highest BCUT2D eigenvalue weighted by Gasteiger charge is 2.31. The van der Waals surface area contributed by atoms with Gasteiger partial charge in [-0.15, -0.1) is 11.3 Å². The number of benzene rings is 2. The fourth-order valence-corrected chi connectivity index (χ4v) is 5.70. The lowest BCUT2D eigenvalue weighted by atomic mass is 9.84. The van der Waals surface area contributed by atoms with Gasteiger partial charge in [0.25, 0.3) is 0 Å². The van der Waals surface area contributed by atoms with Gasteiger partial charge in [0, 0.05) is 34.7 Å². The molecule has 2 aromatic heterocycles. The van der Waals surface area contributed by atoms with E-state index in [1.165, 1.54) is 17.2 Å². The fraction of sp³-hybridized carbons (Fsp3) is 0.111. The molecule has 1 amide bonds. The van der Waals surface area contributed by atoms with Crippen molar-refractivity contribution in [2.24, 2.45) is 0 Å². The van der Waals surface area contributed by atoms with Crippen molar-refractivity contribution in [3.63, 3.8) is 0 Å². The van der Waals surface area contributed by atoms with Crippen LogP contribution in [0.3, 0.4) is 0 Å². The van der Waals surface area contributed by atoms with Crippen LogP contribution in [-0.2, 0) is 11.3 Å². The number of aromatic nitrogens is 1. The first-order valence-electron chi connectivity index (χ1n) is 10.4. The first-order chi connectivity index (χ1) is 15.6. The molecule has 1 aliphatic rings. The standard InChI is InChI=1S/C27H21ClN2OS/c1-2-27(31)30-16-23(22-14-26(28)32-25(22)17-30)21-11-7-6-10-20(21)19-12-13-24(29-15-19)18-8-4-3-5-9-18/h2-15,23H,1,16-17H2/t23-/m1/s1. The van der Waals surface area contributed by atoms with E-state index in [4.69, 9.17) is 16.6 Å². The molecule has 2 aromatic carbocycles. The second kappa shape index (κ2) is 8.73. The smallest absolute Gasteiger partial charge is 0.246 e. The van der Waals surface area contributed by atoms with Gasteiger partial charge in [-0.2, -0.15) is 0 Å². The lowest BCUT2D eigenvalue weighted by Crippen LogP contribution is -2.37. The Balaban J connectivity index is 1.56. The van der Waals surface area contributed by atoms with E-state index >= 15 is 0 Å². The van der Waals surface area contributed by atoms with Crippen molar-refractivity contribution in [2.45, 2.75) is 12.5 Å². The highest BCUT2D eigenvalue weighted by Crippen LogP contribution is 2.42. The quantitative estimate of drug-likeness (QED) is 0.317. The molecule has 0 saturated carbocycles. The van der Waals surface area contributed by atoms with Gasteiger partial charge in [0.15, 0.2) is 0 Å². The Morgan fingerprint density at radius 3 is 2.56 bits per heavy atom. The summed E-state index contributed by atoms with van der Waals surface area (Å²) in [5.41, 5.74) is 6.57. The zero-order valence-corrected chi connectivity index (χ0v) is 18.9. The SMILES string of the molecule is C=CC(=O)N1Cc2sc(Cl)cc2[C@@H](c2ccccc2-c2ccc(-c3ccccc3)nc2)C1. The minimum Gasteiger partial charge on any atom is -0.333 e. The van der Waals surface area contributed by atoms with Gasteiger partial charge in [-0.3, -0.25) is 9.78 Å². The monoisotopic (exact) mass is 456 g/mol. The minimum atomic E-state index is -0.0588. The van der Waals surface area contributed by atoms with E-state index in [2.05, 4.69) is 49.0 Å². The van der Waals surface area contributed by atoms with Crippen molar-refractivity contribution in [1.82, 2.24) is 9.88 Å². The van der Waals surface area contributed by atoms with Crippen LogP contribution in [0.5, 0.6) is 0 Å². The average molecular weight is 457 g/mol. The number of fused-ring (bicyclic) bond motifs is 1. The van der Waals surface area contributed by atoms with E-state index < -0.39 is 0 Å². The van der Waals surface area contributed by atoms with Gasteiger partial charge in [0.1, 0.15) is 0 Å². The molecule has 0 aliphatic carbocycles. The molecule has 0 spiro atoms. The van der Waals surface area contributed by atoms with Gasteiger partial charge in [0.05, 0.1) is 16.6 Å². The first kappa shape index (κ1) is 20.7. The van der Waals surface area contributed by atoms with Crippen LogP contribution in [0.25, 0.3) is 22.4 Å². The van der Waals surface area contributed by atoms with Crippen molar-refractivity contribution < 1.29 is 4.79 Å². The van der Waals surface area contributed by atoms with Crippen molar-refractivity contribution >= 4 is 28.8 Å². The third-order valence-corrected chi connectivity index (χ3v) is 7.16. The summed E-state index contributed by atoms with van der Waals surface area (Å²) >= 11 is 7.93. The van der Waals surface area contributed by atoms with Crippen molar-refractivity contribution in [3.05, 3.63) is 112 Å². The molecule has 5 heteroatoms. The van der Waals surface area contributed by atoms with Crippen LogP contribution in [-0.4, -0.2) is 22.3 Å². The number of hydrogen-bond acceptors (Lipinski definition) is 3. The molecular weight excluding hydrogens is 436 g/mol. The maximum atomic E-state index is 12.5. The summed E-state index contributed by atoms with van der Waals surface area (Å²) in [7, 11) is 0. The number of nitrogens with zero attached hydrogens (tertiary/aromatic N) is 2. The summed E-state index contributed by atoms with van der Waals surface area (Å²) in [5, 5.41) is 0. The molecule has 0 N–H and O–H groups in total. The van der Waals surface area contributed by atoms with Crippen LogP contribution in [0.1, 0.15) is 21.9 Å². The summed E-state index contributed by atoms with van der Waals surface area (Å²) in [6.07, 6.45) is 3.31. The van der Waals surface area contributed by atoms with Crippen LogP contribution >= 0.6 is 22.9 Å². The van der Waals surface area contributed by atoms with Crippen LogP contribution in [0.4, 0.5) is 0 Å². The Morgan fingerprint density at radius 1 is 1.03 bits per heavy atom. The first-order valence-corrected chi connectivity index (χ1v) is 11.6. The molecular formula is C27H21ClN2OS. The van der Waals surface area contributed by atoms with E-state index in [1.807, 2.05) is 41.4 Å². The van der Waals surface area contributed by atoms with Crippen LogP contribution < -0.4 is 0 Å².